The van der Waals surface area contributed by atoms with Crippen LogP contribution in [0.25, 0.3) is 0 Å². The smallest absolute Gasteiger partial charge is 0.234 e. The van der Waals surface area contributed by atoms with Gasteiger partial charge in [-0.1, -0.05) is 29.3 Å². The van der Waals surface area contributed by atoms with Crippen molar-refractivity contribution in [3.63, 3.8) is 0 Å². The standard InChI is InChI=1S/C17H18Cl2N2O2/c18-15-6-3-12(8-16(15)19)10-21(13-4-5-13)11-17(22)20-9-14-2-1-7-23-14/h1-3,6-8,13H,4-5,9-11H2,(H,20,22). The summed E-state index contributed by atoms with van der Waals surface area (Å²) in [4.78, 5) is 14.3. The Balaban J connectivity index is 1.56. The molecule has 1 aromatic heterocycles. The van der Waals surface area contributed by atoms with E-state index in [-0.39, 0.29) is 5.91 Å². The first-order chi connectivity index (χ1) is 11.1. The molecule has 122 valence electrons. The number of halogens is 2. The van der Waals surface area contributed by atoms with Crippen LogP contribution in [0, 0.1) is 0 Å². The molecule has 1 aromatic carbocycles. The molecule has 0 unspecified atom stereocenters. The van der Waals surface area contributed by atoms with E-state index in [2.05, 4.69) is 10.2 Å². The van der Waals surface area contributed by atoms with Crippen LogP contribution in [0.5, 0.6) is 0 Å². The highest BCUT2D eigenvalue weighted by Gasteiger charge is 2.30. The van der Waals surface area contributed by atoms with Crippen molar-refractivity contribution in [1.29, 1.82) is 0 Å². The molecule has 0 aliphatic heterocycles. The van der Waals surface area contributed by atoms with Crippen LogP contribution in [0.1, 0.15) is 24.2 Å². The molecule has 1 aliphatic carbocycles. The van der Waals surface area contributed by atoms with Gasteiger partial charge in [0.05, 0.1) is 29.4 Å². The molecule has 1 heterocycles. The molecule has 0 saturated heterocycles. The second-order valence-corrected chi connectivity index (χ2v) is 6.56. The number of nitrogens with one attached hydrogen (secondary N) is 1. The van der Waals surface area contributed by atoms with E-state index in [0.29, 0.717) is 35.7 Å². The number of hydrogen-bond donors (Lipinski definition) is 1. The van der Waals surface area contributed by atoms with Crippen LogP contribution in [-0.4, -0.2) is 23.4 Å². The second kappa shape index (κ2) is 7.39. The van der Waals surface area contributed by atoms with Gasteiger partial charge in [0.2, 0.25) is 5.91 Å². The lowest BCUT2D eigenvalue weighted by molar-refractivity contribution is -0.122. The number of carbonyl (C=O) groups excluding carboxylic acids is 1. The van der Waals surface area contributed by atoms with Crippen molar-refractivity contribution >= 4 is 29.1 Å². The van der Waals surface area contributed by atoms with E-state index in [9.17, 15) is 4.79 Å². The summed E-state index contributed by atoms with van der Waals surface area (Å²) in [6.45, 7) is 1.47. The molecular formula is C17H18Cl2N2O2. The van der Waals surface area contributed by atoms with E-state index in [1.54, 1.807) is 12.3 Å². The summed E-state index contributed by atoms with van der Waals surface area (Å²) in [5.74, 6) is 0.745. The largest absolute Gasteiger partial charge is 0.467 e. The third-order valence-corrected chi connectivity index (χ3v) is 4.56. The van der Waals surface area contributed by atoms with Gasteiger partial charge in [-0.05, 0) is 42.7 Å². The Bertz CT molecular complexity index is 669. The van der Waals surface area contributed by atoms with Gasteiger partial charge in [-0.3, -0.25) is 9.69 Å². The zero-order valence-electron chi connectivity index (χ0n) is 12.6. The molecule has 1 N–H and O–H groups in total. The fourth-order valence-corrected chi connectivity index (χ4v) is 2.79. The number of nitrogens with zero attached hydrogens (tertiary/aromatic N) is 1. The predicted octanol–water partition coefficient (Wildman–Crippen LogP) is 3.87. The third-order valence-electron chi connectivity index (χ3n) is 3.82. The molecule has 3 rings (SSSR count). The SMILES string of the molecule is O=C(CN(Cc1ccc(Cl)c(Cl)c1)C1CC1)NCc1ccco1. The number of amides is 1. The van der Waals surface area contributed by atoms with Crippen LogP contribution >= 0.6 is 23.2 Å². The van der Waals surface area contributed by atoms with Crippen LogP contribution in [0.3, 0.4) is 0 Å². The number of carbonyl (C=O) groups is 1. The molecule has 0 spiro atoms. The lowest BCUT2D eigenvalue weighted by Gasteiger charge is -2.21. The fraction of sp³-hybridized carbons (Fsp3) is 0.353. The summed E-state index contributed by atoms with van der Waals surface area (Å²) in [7, 11) is 0. The summed E-state index contributed by atoms with van der Waals surface area (Å²) in [5.41, 5.74) is 1.06. The van der Waals surface area contributed by atoms with Gasteiger partial charge in [0.15, 0.2) is 0 Å². The first-order valence-electron chi connectivity index (χ1n) is 7.59. The maximum absolute atomic E-state index is 12.2. The first kappa shape index (κ1) is 16.4. The highest BCUT2D eigenvalue weighted by Crippen LogP contribution is 2.29. The summed E-state index contributed by atoms with van der Waals surface area (Å²) in [6.07, 6.45) is 3.86. The molecule has 1 aliphatic rings. The highest BCUT2D eigenvalue weighted by molar-refractivity contribution is 6.42. The van der Waals surface area contributed by atoms with E-state index < -0.39 is 0 Å². The van der Waals surface area contributed by atoms with E-state index in [1.807, 2.05) is 24.3 Å². The quantitative estimate of drug-likeness (QED) is 0.822. The van der Waals surface area contributed by atoms with E-state index >= 15 is 0 Å². The average molecular weight is 353 g/mol. The highest BCUT2D eigenvalue weighted by atomic mass is 35.5. The Kier molecular flexibility index (Phi) is 5.26. The molecule has 23 heavy (non-hydrogen) atoms. The summed E-state index contributed by atoms with van der Waals surface area (Å²) in [6, 6.07) is 9.72. The fourth-order valence-electron chi connectivity index (χ4n) is 2.47. The number of rotatable bonds is 7. The van der Waals surface area contributed by atoms with E-state index in [4.69, 9.17) is 27.6 Å². The van der Waals surface area contributed by atoms with Gasteiger partial charge < -0.3 is 9.73 Å². The normalized spacial score (nSPS) is 14.2. The summed E-state index contributed by atoms with van der Waals surface area (Å²) < 4.78 is 5.21. The maximum atomic E-state index is 12.2. The zero-order valence-corrected chi connectivity index (χ0v) is 14.1. The van der Waals surface area contributed by atoms with Gasteiger partial charge in [0.1, 0.15) is 5.76 Å². The van der Waals surface area contributed by atoms with Crippen molar-refractivity contribution in [1.82, 2.24) is 10.2 Å². The maximum Gasteiger partial charge on any atom is 0.234 e. The molecule has 1 saturated carbocycles. The molecule has 4 nitrogen and oxygen atoms in total. The minimum Gasteiger partial charge on any atom is -0.467 e. The van der Waals surface area contributed by atoms with Crippen LogP contribution in [0.4, 0.5) is 0 Å². The van der Waals surface area contributed by atoms with E-state index in [1.165, 1.54) is 0 Å². The van der Waals surface area contributed by atoms with Gasteiger partial charge in [0, 0.05) is 12.6 Å². The molecule has 0 atom stereocenters. The molecule has 6 heteroatoms. The number of benzene rings is 1. The average Bonchev–Trinajstić information content (AvgIpc) is 3.24. The molecule has 2 aromatic rings. The minimum atomic E-state index is -0.00615. The number of furan rings is 1. The molecule has 0 bridgehead atoms. The van der Waals surface area contributed by atoms with Crippen LogP contribution in [-0.2, 0) is 17.9 Å². The third kappa shape index (κ3) is 4.74. The van der Waals surface area contributed by atoms with Gasteiger partial charge >= 0.3 is 0 Å². The van der Waals surface area contributed by atoms with Crippen molar-refractivity contribution in [2.45, 2.75) is 32.0 Å². The van der Waals surface area contributed by atoms with Gasteiger partial charge in [-0.15, -0.1) is 0 Å². The Morgan fingerprint density at radius 1 is 1.26 bits per heavy atom. The predicted molar refractivity (Wildman–Crippen MR) is 90.4 cm³/mol. The van der Waals surface area contributed by atoms with Crippen molar-refractivity contribution in [2.24, 2.45) is 0 Å². The van der Waals surface area contributed by atoms with Crippen molar-refractivity contribution < 1.29 is 9.21 Å². The number of hydrogen-bond acceptors (Lipinski definition) is 3. The molecule has 1 fully saturated rings. The Hall–Kier alpha value is -1.49. The molecule has 0 radical (unpaired) electrons. The van der Waals surface area contributed by atoms with Gasteiger partial charge in [-0.2, -0.15) is 0 Å². The Labute approximate surface area is 145 Å². The minimum absolute atomic E-state index is 0.00615. The Morgan fingerprint density at radius 2 is 2.09 bits per heavy atom. The molecule has 1 amide bonds. The van der Waals surface area contributed by atoms with Crippen molar-refractivity contribution in [3.05, 3.63) is 58.0 Å². The van der Waals surface area contributed by atoms with Crippen LogP contribution < -0.4 is 5.32 Å². The van der Waals surface area contributed by atoms with Crippen molar-refractivity contribution in [2.75, 3.05) is 6.54 Å². The van der Waals surface area contributed by atoms with Crippen molar-refractivity contribution in [3.8, 4) is 0 Å². The topological polar surface area (TPSA) is 45.5 Å². The van der Waals surface area contributed by atoms with E-state index in [0.717, 1.165) is 24.2 Å². The Morgan fingerprint density at radius 3 is 2.74 bits per heavy atom. The lowest BCUT2D eigenvalue weighted by atomic mass is 10.2. The monoisotopic (exact) mass is 352 g/mol. The van der Waals surface area contributed by atoms with Gasteiger partial charge in [0.25, 0.3) is 0 Å². The zero-order chi connectivity index (χ0) is 16.2. The lowest BCUT2D eigenvalue weighted by Crippen LogP contribution is -2.37. The molecular weight excluding hydrogens is 335 g/mol. The first-order valence-corrected chi connectivity index (χ1v) is 8.34. The summed E-state index contributed by atoms with van der Waals surface area (Å²) in [5, 5.41) is 3.97. The van der Waals surface area contributed by atoms with Crippen LogP contribution in [0.15, 0.2) is 41.0 Å². The second-order valence-electron chi connectivity index (χ2n) is 5.74. The summed E-state index contributed by atoms with van der Waals surface area (Å²) >= 11 is 12.0. The van der Waals surface area contributed by atoms with Crippen LogP contribution in [0.2, 0.25) is 10.0 Å². The van der Waals surface area contributed by atoms with Gasteiger partial charge in [-0.25, -0.2) is 0 Å².